The summed E-state index contributed by atoms with van der Waals surface area (Å²) in [4.78, 5) is 0. The highest BCUT2D eigenvalue weighted by molar-refractivity contribution is 5.30. The van der Waals surface area contributed by atoms with E-state index in [2.05, 4.69) is 26.2 Å². The van der Waals surface area contributed by atoms with E-state index in [1.165, 1.54) is 11.1 Å². The van der Waals surface area contributed by atoms with Gasteiger partial charge in [-0.2, -0.15) is 0 Å². The van der Waals surface area contributed by atoms with Gasteiger partial charge in [0.1, 0.15) is 0 Å². The fourth-order valence-corrected chi connectivity index (χ4v) is 0.467. The Hall–Kier alpha value is -1.04. The fourth-order valence-electron chi connectivity index (χ4n) is 0.467. The van der Waals surface area contributed by atoms with Gasteiger partial charge < -0.3 is 0 Å². The summed E-state index contributed by atoms with van der Waals surface area (Å²) in [6.45, 7) is 13.6. The number of rotatable bonds is 3. The molecule has 0 heterocycles. The minimum absolute atomic E-state index is 1.11. The molecule has 0 bridgehead atoms. The van der Waals surface area contributed by atoms with Crippen LogP contribution < -0.4 is 0 Å². The molecule has 0 fully saturated rings. The maximum atomic E-state index is 3.84. The predicted octanol–water partition coefficient (Wildman–Crippen LogP) is 3.64. The van der Waals surface area contributed by atoms with Gasteiger partial charge in [0.2, 0.25) is 0 Å². The van der Waals surface area contributed by atoms with Crippen molar-refractivity contribution in [1.29, 1.82) is 0 Å². The maximum absolute atomic E-state index is 3.84. The zero-order valence-corrected chi connectivity index (χ0v) is 7.65. The van der Waals surface area contributed by atoms with Crippen molar-refractivity contribution in [3.05, 3.63) is 48.1 Å². The lowest BCUT2D eigenvalue weighted by molar-refractivity contribution is 1.36. The molecule has 0 nitrogen and oxygen atoms in total. The van der Waals surface area contributed by atoms with Crippen LogP contribution in [0.3, 0.4) is 0 Å². The van der Waals surface area contributed by atoms with E-state index in [4.69, 9.17) is 0 Å². The van der Waals surface area contributed by atoms with Crippen LogP contribution in [-0.2, 0) is 0 Å². The lowest BCUT2D eigenvalue weighted by atomic mass is 10.1. The minimum atomic E-state index is 1.11. The zero-order chi connectivity index (χ0) is 8.85. The molecular formula is C11H16. The standard InChI is InChI=1S/C11H16/c1-6-10(4)7-8-11(5)9(2)3/h6-8H,1-2H2,3-5H3. The molecule has 0 aromatic rings. The number of hydrogen-bond acceptors (Lipinski definition) is 0. The summed E-state index contributed by atoms with van der Waals surface area (Å²) in [5.41, 5.74) is 3.50. The van der Waals surface area contributed by atoms with Gasteiger partial charge >= 0.3 is 0 Å². The van der Waals surface area contributed by atoms with Crippen molar-refractivity contribution in [1.82, 2.24) is 0 Å². The molecule has 0 aliphatic rings. The molecule has 0 radical (unpaired) electrons. The van der Waals surface area contributed by atoms with Crippen molar-refractivity contribution in [3.8, 4) is 0 Å². The van der Waals surface area contributed by atoms with Crippen LogP contribution in [0.1, 0.15) is 20.8 Å². The van der Waals surface area contributed by atoms with Gasteiger partial charge in [0.05, 0.1) is 0 Å². The normalized spacial score (nSPS) is 13.0. The molecule has 0 unspecified atom stereocenters. The van der Waals surface area contributed by atoms with Crippen LogP contribution in [0.4, 0.5) is 0 Å². The van der Waals surface area contributed by atoms with E-state index in [0.717, 1.165) is 5.57 Å². The third kappa shape index (κ3) is 4.38. The van der Waals surface area contributed by atoms with E-state index < -0.39 is 0 Å². The zero-order valence-electron chi connectivity index (χ0n) is 7.65. The highest BCUT2D eigenvalue weighted by Gasteiger charge is 1.85. The van der Waals surface area contributed by atoms with Crippen molar-refractivity contribution in [2.75, 3.05) is 0 Å². The van der Waals surface area contributed by atoms with Gasteiger partial charge in [-0.05, 0) is 26.3 Å². The molecule has 0 aromatic carbocycles. The summed E-state index contributed by atoms with van der Waals surface area (Å²) < 4.78 is 0. The smallest absolute Gasteiger partial charge is 0.0395 e. The molecule has 0 spiro atoms. The van der Waals surface area contributed by atoms with E-state index in [1.54, 1.807) is 0 Å². The van der Waals surface area contributed by atoms with E-state index in [9.17, 15) is 0 Å². The molecule has 0 aliphatic heterocycles. The van der Waals surface area contributed by atoms with E-state index in [-0.39, 0.29) is 0 Å². The van der Waals surface area contributed by atoms with Gasteiger partial charge in [0.15, 0.2) is 0 Å². The second-order valence-electron chi connectivity index (χ2n) is 2.74. The Bertz CT molecular complexity index is 214. The Morgan fingerprint density at radius 1 is 1.09 bits per heavy atom. The minimum Gasteiger partial charge on any atom is -0.0988 e. The molecule has 60 valence electrons. The van der Waals surface area contributed by atoms with Crippen molar-refractivity contribution < 1.29 is 0 Å². The molecule has 11 heavy (non-hydrogen) atoms. The molecule has 0 amide bonds. The highest BCUT2D eigenvalue weighted by Crippen LogP contribution is 2.05. The summed E-state index contributed by atoms with van der Waals surface area (Å²) in [7, 11) is 0. The summed E-state index contributed by atoms with van der Waals surface area (Å²) in [5.74, 6) is 0. The number of allylic oxidation sites excluding steroid dienone is 6. The highest BCUT2D eigenvalue weighted by atomic mass is 13.9. The first-order chi connectivity index (χ1) is 5.07. The van der Waals surface area contributed by atoms with Crippen LogP contribution >= 0.6 is 0 Å². The van der Waals surface area contributed by atoms with Crippen LogP contribution in [0, 0.1) is 0 Å². The Balaban J connectivity index is 4.34. The van der Waals surface area contributed by atoms with Gasteiger partial charge in [-0.25, -0.2) is 0 Å². The lowest BCUT2D eigenvalue weighted by Gasteiger charge is -1.95. The van der Waals surface area contributed by atoms with Crippen LogP contribution in [0.5, 0.6) is 0 Å². The first-order valence-electron chi connectivity index (χ1n) is 3.71. The predicted molar refractivity (Wildman–Crippen MR) is 52.5 cm³/mol. The molecule has 0 aromatic heterocycles. The van der Waals surface area contributed by atoms with E-state index >= 15 is 0 Å². The molecular weight excluding hydrogens is 132 g/mol. The first-order valence-corrected chi connectivity index (χ1v) is 3.71. The molecule has 0 aliphatic carbocycles. The summed E-state index contributed by atoms with van der Waals surface area (Å²) in [5, 5.41) is 0. The van der Waals surface area contributed by atoms with Crippen LogP contribution in [0.2, 0.25) is 0 Å². The Morgan fingerprint density at radius 2 is 1.64 bits per heavy atom. The summed E-state index contributed by atoms with van der Waals surface area (Å²) in [6, 6.07) is 0. The molecule has 0 atom stereocenters. The quantitative estimate of drug-likeness (QED) is 0.536. The van der Waals surface area contributed by atoms with Gasteiger partial charge in [-0.1, -0.05) is 42.5 Å². The molecule has 0 heteroatoms. The van der Waals surface area contributed by atoms with E-state index in [0.29, 0.717) is 0 Å². The maximum Gasteiger partial charge on any atom is -0.0395 e. The molecule has 0 saturated heterocycles. The molecule has 0 N–H and O–H groups in total. The van der Waals surface area contributed by atoms with E-state index in [1.807, 2.05) is 26.0 Å². The molecule has 0 rings (SSSR count). The van der Waals surface area contributed by atoms with Gasteiger partial charge in [0.25, 0.3) is 0 Å². The van der Waals surface area contributed by atoms with Crippen molar-refractivity contribution in [3.63, 3.8) is 0 Å². The average molecular weight is 148 g/mol. The second-order valence-corrected chi connectivity index (χ2v) is 2.74. The average Bonchev–Trinajstić information content (AvgIpc) is 1.99. The van der Waals surface area contributed by atoms with Gasteiger partial charge in [-0.15, -0.1) is 0 Å². The van der Waals surface area contributed by atoms with Crippen LogP contribution in [-0.4, -0.2) is 0 Å². The van der Waals surface area contributed by atoms with Gasteiger partial charge in [0, 0.05) is 0 Å². The first kappa shape index (κ1) is 9.96. The number of hydrogen-bond donors (Lipinski definition) is 0. The van der Waals surface area contributed by atoms with Crippen LogP contribution in [0.15, 0.2) is 48.1 Å². The summed E-state index contributed by atoms with van der Waals surface area (Å²) in [6.07, 6.45) is 5.93. The second kappa shape index (κ2) is 4.73. The third-order valence-corrected chi connectivity index (χ3v) is 1.59. The van der Waals surface area contributed by atoms with Crippen molar-refractivity contribution in [2.45, 2.75) is 20.8 Å². The Kier molecular flexibility index (Phi) is 4.28. The summed E-state index contributed by atoms with van der Waals surface area (Å²) >= 11 is 0. The monoisotopic (exact) mass is 148 g/mol. The van der Waals surface area contributed by atoms with Crippen LogP contribution in [0.25, 0.3) is 0 Å². The third-order valence-electron chi connectivity index (χ3n) is 1.59. The Morgan fingerprint density at radius 3 is 2.00 bits per heavy atom. The topological polar surface area (TPSA) is 0 Å². The van der Waals surface area contributed by atoms with Gasteiger partial charge in [-0.3, -0.25) is 0 Å². The largest absolute Gasteiger partial charge is 0.0988 e. The fraction of sp³-hybridized carbons (Fsp3) is 0.273. The lowest BCUT2D eigenvalue weighted by Crippen LogP contribution is -1.74. The molecule has 0 saturated carbocycles. The van der Waals surface area contributed by atoms with Crippen molar-refractivity contribution in [2.24, 2.45) is 0 Å². The SMILES string of the molecule is C=CC(C)=CC=C(C)C(=C)C. The van der Waals surface area contributed by atoms with Crippen molar-refractivity contribution >= 4 is 0 Å². The Labute approximate surface area is 69.6 Å².